The van der Waals surface area contributed by atoms with E-state index < -0.39 is 34.6 Å². The van der Waals surface area contributed by atoms with Gasteiger partial charge >= 0.3 is 6.36 Å². The molecule has 0 aromatic heterocycles. The average Bonchev–Trinajstić information content (AvgIpc) is 2.53. The van der Waals surface area contributed by atoms with E-state index in [1.165, 1.54) is 6.07 Å². The van der Waals surface area contributed by atoms with E-state index in [1.54, 1.807) is 18.2 Å². The van der Waals surface area contributed by atoms with Gasteiger partial charge in [-0.15, -0.1) is 13.2 Å². The van der Waals surface area contributed by atoms with E-state index in [9.17, 15) is 26.4 Å². The molecule has 0 bridgehead atoms. The lowest BCUT2D eigenvalue weighted by Crippen LogP contribution is -2.42. The molecule has 0 aliphatic carbocycles. The molecule has 6 nitrogen and oxygen atoms in total. The molecule has 0 saturated heterocycles. The van der Waals surface area contributed by atoms with Gasteiger partial charge in [-0.05, 0) is 36.4 Å². The summed E-state index contributed by atoms with van der Waals surface area (Å²) in [5.41, 5.74) is 0.608. The third-order valence-corrected chi connectivity index (χ3v) is 5.15. The minimum atomic E-state index is -4.87. The highest BCUT2D eigenvalue weighted by Gasteiger charge is 2.33. The third-order valence-electron chi connectivity index (χ3n) is 3.38. The van der Waals surface area contributed by atoms with Gasteiger partial charge in [-0.2, -0.15) is 0 Å². The SMILES string of the molecule is O=C1CN(S(=O)(=O)c2ccc(OC(F)(F)F)cc2)c2ccccc2N1. The molecule has 2 aromatic rings. The Morgan fingerprint density at radius 2 is 1.68 bits per heavy atom. The second kappa shape index (κ2) is 5.96. The summed E-state index contributed by atoms with van der Waals surface area (Å²) >= 11 is 0. The summed E-state index contributed by atoms with van der Waals surface area (Å²) in [6.07, 6.45) is -4.87. The first kappa shape index (κ1) is 17.1. The number of para-hydroxylation sites is 2. The van der Waals surface area contributed by atoms with Crippen molar-refractivity contribution in [2.24, 2.45) is 0 Å². The highest BCUT2D eigenvalue weighted by molar-refractivity contribution is 7.92. The number of benzene rings is 2. The standard InChI is InChI=1S/C15H11F3N2O4S/c16-15(17,18)24-10-5-7-11(8-6-10)25(22,23)20-9-14(21)19-12-3-1-2-4-13(12)20/h1-8H,9H2,(H,19,21). The summed E-state index contributed by atoms with van der Waals surface area (Å²) in [6, 6.07) is 10.1. The van der Waals surface area contributed by atoms with Gasteiger partial charge in [0.1, 0.15) is 12.3 Å². The van der Waals surface area contributed by atoms with Crippen LogP contribution in [0.3, 0.4) is 0 Å². The first-order valence-corrected chi connectivity index (χ1v) is 8.38. The first-order chi connectivity index (χ1) is 11.7. The number of amides is 1. The quantitative estimate of drug-likeness (QED) is 0.899. The Hall–Kier alpha value is -2.75. The van der Waals surface area contributed by atoms with Gasteiger partial charge in [0, 0.05) is 0 Å². The summed E-state index contributed by atoms with van der Waals surface area (Å²) in [6.45, 7) is -0.430. The number of hydrogen-bond acceptors (Lipinski definition) is 4. The molecule has 0 radical (unpaired) electrons. The van der Waals surface area contributed by atoms with Crippen LogP contribution in [0.2, 0.25) is 0 Å². The van der Waals surface area contributed by atoms with Crippen LogP contribution in [0.25, 0.3) is 0 Å². The highest BCUT2D eigenvalue weighted by atomic mass is 32.2. The molecule has 0 unspecified atom stereocenters. The molecule has 1 aliphatic heterocycles. The minimum Gasteiger partial charge on any atom is -0.406 e. The first-order valence-electron chi connectivity index (χ1n) is 6.94. The van der Waals surface area contributed by atoms with Crippen LogP contribution in [0, 0.1) is 0 Å². The van der Waals surface area contributed by atoms with Gasteiger partial charge in [0.15, 0.2) is 0 Å². The number of nitrogens with one attached hydrogen (secondary N) is 1. The Morgan fingerprint density at radius 3 is 2.32 bits per heavy atom. The number of rotatable bonds is 3. The van der Waals surface area contributed by atoms with Crippen molar-refractivity contribution in [3.8, 4) is 5.75 Å². The topological polar surface area (TPSA) is 75.7 Å². The monoisotopic (exact) mass is 372 g/mol. The van der Waals surface area contributed by atoms with Crippen LogP contribution >= 0.6 is 0 Å². The fourth-order valence-electron chi connectivity index (χ4n) is 2.36. The normalized spacial score (nSPS) is 14.7. The molecule has 0 fully saturated rings. The second-order valence-corrected chi connectivity index (χ2v) is 6.96. The number of hydrogen-bond donors (Lipinski definition) is 1. The van der Waals surface area contributed by atoms with E-state index in [0.29, 0.717) is 5.69 Å². The van der Waals surface area contributed by atoms with Gasteiger partial charge in [0.2, 0.25) is 5.91 Å². The summed E-state index contributed by atoms with van der Waals surface area (Å²) in [7, 11) is -4.13. The highest BCUT2D eigenvalue weighted by Crippen LogP contribution is 2.34. The van der Waals surface area contributed by atoms with Crippen molar-refractivity contribution in [1.29, 1.82) is 0 Å². The van der Waals surface area contributed by atoms with Crippen LogP contribution in [0.5, 0.6) is 5.75 Å². The maximum absolute atomic E-state index is 12.8. The van der Waals surface area contributed by atoms with E-state index in [-0.39, 0.29) is 10.6 Å². The fourth-order valence-corrected chi connectivity index (χ4v) is 3.80. The number of alkyl halides is 3. The van der Waals surface area contributed by atoms with Gasteiger partial charge in [-0.1, -0.05) is 12.1 Å². The largest absolute Gasteiger partial charge is 0.573 e. The zero-order valence-electron chi connectivity index (χ0n) is 12.4. The third kappa shape index (κ3) is 3.53. The molecular formula is C15H11F3N2O4S. The van der Waals surface area contributed by atoms with Crippen LogP contribution in [-0.2, 0) is 14.8 Å². The summed E-state index contributed by atoms with van der Waals surface area (Å²) in [5.74, 6) is -1.05. The average molecular weight is 372 g/mol. The van der Waals surface area contributed by atoms with Crippen LogP contribution in [0.15, 0.2) is 53.4 Å². The molecule has 10 heteroatoms. The zero-order valence-corrected chi connectivity index (χ0v) is 13.3. The predicted molar refractivity (Wildman–Crippen MR) is 82.7 cm³/mol. The van der Waals surface area contributed by atoms with Crippen molar-refractivity contribution < 1.29 is 31.1 Å². The van der Waals surface area contributed by atoms with Crippen molar-refractivity contribution in [3.63, 3.8) is 0 Å². The van der Waals surface area contributed by atoms with Gasteiger partial charge in [-0.25, -0.2) is 8.42 Å². The Labute approximate surface area is 140 Å². The molecule has 1 N–H and O–H groups in total. The summed E-state index contributed by atoms with van der Waals surface area (Å²) in [5, 5.41) is 2.56. The van der Waals surface area contributed by atoms with Crippen LogP contribution in [0.1, 0.15) is 0 Å². The molecule has 25 heavy (non-hydrogen) atoms. The van der Waals surface area contributed by atoms with Crippen LogP contribution in [-0.4, -0.2) is 27.2 Å². The van der Waals surface area contributed by atoms with Crippen molar-refractivity contribution in [1.82, 2.24) is 0 Å². The summed E-state index contributed by atoms with van der Waals surface area (Å²) in [4.78, 5) is 11.5. The lowest BCUT2D eigenvalue weighted by molar-refractivity contribution is -0.274. The van der Waals surface area contributed by atoms with Crippen LogP contribution in [0.4, 0.5) is 24.5 Å². The van der Waals surface area contributed by atoms with Crippen LogP contribution < -0.4 is 14.4 Å². The van der Waals surface area contributed by atoms with E-state index in [4.69, 9.17) is 0 Å². The van der Waals surface area contributed by atoms with Gasteiger partial charge in [0.05, 0.1) is 16.3 Å². The smallest absolute Gasteiger partial charge is 0.406 e. The van der Waals surface area contributed by atoms with Crippen molar-refractivity contribution in [2.45, 2.75) is 11.3 Å². The van der Waals surface area contributed by atoms with Gasteiger partial charge < -0.3 is 10.1 Å². The Bertz CT molecular complexity index is 911. The minimum absolute atomic E-state index is 0.258. The molecule has 132 valence electrons. The van der Waals surface area contributed by atoms with Gasteiger partial charge in [-0.3, -0.25) is 9.10 Å². The molecular weight excluding hydrogens is 361 g/mol. The number of fused-ring (bicyclic) bond motifs is 1. The summed E-state index contributed by atoms with van der Waals surface area (Å²) < 4.78 is 66.7. The number of ether oxygens (including phenoxy) is 1. The number of halogens is 3. The lowest BCUT2D eigenvalue weighted by atomic mass is 10.2. The number of nitrogens with zero attached hydrogens (tertiary/aromatic N) is 1. The fraction of sp³-hybridized carbons (Fsp3) is 0.133. The zero-order chi connectivity index (χ0) is 18.2. The van der Waals surface area contributed by atoms with E-state index in [1.807, 2.05) is 0 Å². The number of carbonyl (C=O) groups is 1. The molecule has 1 aliphatic rings. The number of sulfonamides is 1. The van der Waals surface area contributed by atoms with Gasteiger partial charge in [0.25, 0.3) is 10.0 Å². The number of carbonyl (C=O) groups excluding carboxylic acids is 1. The molecule has 3 rings (SSSR count). The lowest BCUT2D eigenvalue weighted by Gasteiger charge is -2.30. The molecule has 0 atom stereocenters. The Balaban J connectivity index is 1.96. The van der Waals surface area contributed by atoms with E-state index in [0.717, 1.165) is 28.6 Å². The molecule has 0 saturated carbocycles. The maximum atomic E-state index is 12.8. The molecule has 1 heterocycles. The van der Waals surface area contributed by atoms with Crippen molar-refractivity contribution in [2.75, 3.05) is 16.2 Å². The van der Waals surface area contributed by atoms with E-state index >= 15 is 0 Å². The molecule has 2 aromatic carbocycles. The second-order valence-electron chi connectivity index (χ2n) is 5.10. The Kier molecular flexibility index (Phi) is 4.07. The maximum Gasteiger partial charge on any atom is 0.573 e. The van der Waals surface area contributed by atoms with Crippen molar-refractivity contribution in [3.05, 3.63) is 48.5 Å². The Morgan fingerprint density at radius 1 is 1.04 bits per heavy atom. The van der Waals surface area contributed by atoms with E-state index in [2.05, 4.69) is 10.1 Å². The molecule has 0 spiro atoms. The molecule has 1 amide bonds. The predicted octanol–water partition coefficient (Wildman–Crippen LogP) is 2.73. The van der Waals surface area contributed by atoms with Crippen molar-refractivity contribution >= 4 is 27.3 Å². The number of anilines is 2.